The molecule has 28 heavy (non-hydrogen) atoms. The number of nitrogens with one attached hydrogen (secondary N) is 2. The minimum Gasteiger partial charge on any atom is -0.468 e. The van der Waals surface area contributed by atoms with E-state index in [1.807, 2.05) is 18.2 Å². The van der Waals surface area contributed by atoms with Crippen LogP contribution in [0.3, 0.4) is 0 Å². The van der Waals surface area contributed by atoms with E-state index in [-0.39, 0.29) is 11.9 Å². The van der Waals surface area contributed by atoms with Crippen molar-refractivity contribution >= 4 is 5.96 Å². The van der Waals surface area contributed by atoms with Gasteiger partial charge >= 0.3 is 6.18 Å². The van der Waals surface area contributed by atoms with E-state index in [0.717, 1.165) is 18.4 Å². The van der Waals surface area contributed by atoms with Gasteiger partial charge in [0.05, 0.1) is 0 Å². The zero-order valence-electron chi connectivity index (χ0n) is 16.0. The second-order valence-electron chi connectivity index (χ2n) is 6.40. The molecule has 2 N–H and O–H groups in total. The summed E-state index contributed by atoms with van der Waals surface area (Å²) in [4.78, 5) is 7.98. The molecule has 152 valence electrons. The maximum atomic E-state index is 12.2. The SMILES string of the molecule is CN=C(NCc1ccnc(OCC(F)(F)F)c1)NC(C)CCc1ccccc1. The van der Waals surface area contributed by atoms with Crippen molar-refractivity contribution in [1.82, 2.24) is 15.6 Å². The molecule has 1 aromatic heterocycles. The molecule has 0 amide bonds. The third kappa shape index (κ3) is 8.28. The van der Waals surface area contributed by atoms with Crippen molar-refractivity contribution in [3.8, 4) is 5.88 Å². The molecular formula is C20H25F3N4O. The van der Waals surface area contributed by atoms with Crippen LogP contribution in [0.4, 0.5) is 13.2 Å². The molecule has 0 aliphatic rings. The number of hydrogen-bond donors (Lipinski definition) is 2. The lowest BCUT2D eigenvalue weighted by atomic mass is 10.1. The van der Waals surface area contributed by atoms with E-state index in [2.05, 4.69) is 44.4 Å². The number of guanidine groups is 1. The lowest BCUT2D eigenvalue weighted by Gasteiger charge is -2.18. The van der Waals surface area contributed by atoms with Crippen molar-refractivity contribution in [2.45, 2.75) is 38.5 Å². The molecule has 0 saturated heterocycles. The van der Waals surface area contributed by atoms with Crippen LogP contribution in [0.15, 0.2) is 53.7 Å². The summed E-state index contributed by atoms with van der Waals surface area (Å²) in [5.41, 5.74) is 2.02. The van der Waals surface area contributed by atoms with Crippen LogP contribution in [-0.2, 0) is 13.0 Å². The largest absolute Gasteiger partial charge is 0.468 e. The highest BCUT2D eigenvalue weighted by atomic mass is 19.4. The Labute approximate surface area is 163 Å². The number of alkyl halides is 3. The predicted molar refractivity (Wildman–Crippen MR) is 103 cm³/mol. The summed E-state index contributed by atoms with van der Waals surface area (Å²) in [5, 5.41) is 6.46. The zero-order chi connectivity index (χ0) is 20.4. The summed E-state index contributed by atoms with van der Waals surface area (Å²) in [6, 6.07) is 13.6. The molecule has 2 aromatic rings. The molecule has 1 atom stereocenters. The Morgan fingerprint density at radius 2 is 1.93 bits per heavy atom. The second-order valence-corrected chi connectivity index (χ2v) is 6.40. The number of nitrogens with zero attached hydrogens (tertiary/aromatic N) is 2. The number of aromatic nitrogens is 1. The summed E-state index contributed by atoms with van der Waals surface area (Å²) in [5.74, 6) is 0.561. The van der Waals surface area contributed by atoms with Gasteiger partial charge in [0.2, 0.25) is 5.88 Å². The number of ether oxygens (including phenoxy) is 1. The van der Waals surface area contributed by atoms with Gasteiger partial charge < -0.3 is 15.4 Å². The molecular weight excluding hydrogens is 369 g/mol. The summed E-state index contributed by atoms with van der Waals surface area (Å²) in [7, 11) is 1.67. The Bertz CT molecular complexity index is 751. The molecule has 0 bridgehead atoms. The minimum absolute atomic E-state index is 0.0594. The highest BCUT2D eigenvalue weighted by molar-refractivity contribution is 5.79. The number of aryl methyl sites for hydroxylation is 1. The van der Waals surface area contributed by atoms with Gasteiger partial charge in [-0.05, 0) is 37.0 Å². The molecule has 8 heteroatoms. The summed E-state index contributed by atoms with van der Waals surface area (Å²) in [6.07, 6.45) is -1.08. The van der Waals surface area contributed by atoms with Gasteiger partial charge in [-0.1, -0.05) is 30.3 Å². The summed E-state index contributed by atoms with van der Waals surface area (Å²) in [6.45, 7) is 1.10. The highest BCUT2D eigenvalue weighted by Crippen LogP contribution is 2.17. The van der Waals surface area contributed by atoms with Crippen LogP contribution in [0.5, 0.6) is 5.88 Å². The smallest absolute Gasteiger partial charge is 0.422 e. The van der Waals surface area contributed by atoms with E-state index in [1.165, 1.54) is 17.8 Å². The van der Waals surface area contributed by atoms with Crippen molar-refractivity contribution in [1.29, 1.82) is 0 Å². The first kappa shape index (κ1) is 21.5. The lowest BCUT2D eigenvalue weighted by molar-refractivity contribution is -0.154. The van der Waals surface area contributed by atoms with Crippen molar-refractivity contribution in [2.75, 3.05) is 13.7 Å². The first-order chi connectivity index (χ1) is 13.4. The summed E-state index contributed by atoms with van der Waals surface area (Å²) < 4.78 is 41.4. The van der Waals surface area contributed by atoms with Crippen molar-refractivity contribution in [3.63, 3.8) is 0 Å². The number of benzene rings is 1. The highest BCUT2D eigenvalue weighted by Gasteiger charge is 2.28. The molecule has 5 nitrogen and oxygen atoms in total. The monoisotopic (exact) mass is 394 g/mol. The standard InChI is InChI=1S/C20H25F3N4O/c1-15(8-9-16-6-4-3-5-7-16)27-19(24-2)26-13-17-10-11-25-18(12-17)28-14-20(21,22)23/h3-7,10-12,15H,8-9,13-14H2,1-2H3,(H2,24,26,27). The average molecular weight is 394 g/mol. The van der Waals surface area contributed by atoms with Crippen LogP contribution in [-0.4, -0.2) is 36.8 Å². The van der Waals surface area contributed by atoms with Gasteiger partial charge in [-0.2, -0.15) is 13.2 Å². The Kier molecular flexibility index (Phi) is 8.10. The van der Waals surface area contributed by atoms with Crippen molar-refractivity contribution < 1.29 is 17.9 Å². The molecule has 0 fully saturated rings. The number of hydrogen-bond acceptors (Lipinski definition) is 3. The van der Waals surface area contributed by atoms with Crippen molar-refractivity contribution in [3.05, 3.63) is 59.8 Å². The Morgan fingerprint density at radius 1 is 1.18 bits per heavy atom. The van der Waals surface area contributed by atoms with Crippen LogP contribution >= 0.6 is 0 Å². The molecule has 0 radical (unpaired) electrons. The second kappa shape index (κ2) is 10.5. The fraction of sp³-hybridized carbons (Fsp3) is 0.400. The molecule has 0 spiro atoms. The number of pyridine rings is 1. The Hall–Kier alpha value is -2.77. The third-order valence-electron chi connectivity index (χ3n) is 3.96. The molecule has 0 aliphatic carbocycles. The number of rotatable bonds is 8. The first-order valence-corrected chi connectivity index (χ1v) is 9.01. The Morgan fingerprint density at radius 3 is 2.61 bits per heavy atom. The fourth-order valence-corrected chi connectivity index (χ4v) is 2.51. The van der Waals surface area contributed by atoms with Crippen LogP contribution in [0, 0.1) is 0 Å². The zero-order valence-corrected chi connectivity index (χ0v) is 16.0. The molecule has 2 rings (SSSR count). The number of halogens is 3. The van der Waals surface area contributed by atoms with Gasteiger partial charge in [-0.15, -0.1) is 0 Å². The van der Waals surface area contributed by atoms with Gasteiger partial charge in [0.25, 0.3) is 0 Å². The van der Waals surface area contributed by atoms with Gasteiger partial charge in [0.15, 0.2) is 12.6 Å². The van der Waals surface area contributed by atoms with Gasteiger partial charge in [-0.25, -0.2) is 4.98 Å². The maximum Gasteiger partial charge on any atom is 0.422 e. The Balaban J connectivity index is 1.80. The first-order valence-electron chi connectivity index (χ1n) is 9.01. The van der Waals surface area contributed by atoms with E-state index < -0.39 is 12.8 Å². The van der Waals surface area contributed by atoms with Crippen LogP contribution in [0.2, 0.25) is 0 Å². The molecule has 1 unspecified atom stereocenters. The summed E-state index contributed by atoms with van der Waals surface area (Å²) >= 11 is 0. The maximum absolute atomic E-state index is 12.2. The predicted octanol–water partition coefficient (Wildman–Crippen LogP) is 3.71. The molecule has 0 saturated carbocycles. The van der Waals surface area contributed by atoms with Crippen LogP contribution < -0.4 is 15.4 Å². The normalized spacial score (nSPS) is 13.1. The lowest BCUT2D eigenvalue weighted by Crippen LogP contribution is -2.42. The van der Waals surface area contributed by atoms with E-state index in [4.69, 9.17) is 0 Å². The van der Waals surface area contributed by atoms with Crippen LogP contribution in [0.25, 0.3) is 0 Å². The average Bonchev–Trinajstić information content (AvgIpc) is 2.68. The van der Waals surface area contributed by atoms with Crippen molar-refractivity contribution in [2.24, 2.45) is 4.99 Å². The quantitative estimate of drug-likeness (QED) is 0.529. The fourth-order valence-electron chi connectivity index (χ4n) is 2.51. The molecule has 1 aromatic carbocycles. The van der Waals surface area contributed by atoms with Crippen LogP contribution in [0.1, 0.15) is 24.5 Å². The van der Waals surface area contributed by atoms with E-state index in [1.54, 1.807) is 13.1 Å². The van der Waals surface area contributed by atoms with E-state index in [9.17, 15) is 13.2 Å². The topological polar surface area (TPSA) is 58.5 Å². The van der Waals surface area contributed by atoms with Gasteiger partial charge in [0.1, 0.15) is 0 Å². The van der Waals surface area contributed by atoms with Gasteiger partial charge in [-0.3, -0.25) is 4.99 Å². The van der Waals surface area contributed by atoms with E-state index in [0.29, 0.717) is 12.5 Å². The minimum atomic E-state index is -4.39. The third-order valence-corrected chi connectivity index (χ3v) is 3.96. The van der Waals surface area contributed by atoms with Gasteiger partial charge in [0, 0.05) is 31.9 Å². The number of aliphatic imine (C=N–C) groups is 1. The molecule has 1 heterocycles. The molecule has 0 aliphatic heterocycles. The van der Waals surface area contributed by atoms with E-state index >= 15 is 0 Å².